The molecule has 136 valence electrons. The van der Waals surface area contributed by atoms with Crippen LogP contribution in [0.3, 0.4) is 0 Å². The Kier molecular flexibility index (Phi) is 4.20. The largest absolute Gasteiger partial charge is 0.417 e. The van der Waals surface area contributed by atoms with Crippen molar-refractivity contribution in [1.82, 2.24) is 4.98 Å². The molecule has 0 atom stereocenters. The number of piperidine rings is 1. The van der Waals surface area contributed by atoms with Crippen LogP contribution in [-0.2, 0) is 10.0 Å². The standard InChI is InChI=1S/C18H19N3O4S/c22-18-19-15-9-8-13(12-17(15)25-18)26(23,24)20-14-6-2-3-7-16(14)21-10-4-1-5-11-21/h2-3,6-9,12,20H,1,4-5,10-11H2,(H,19,22). The highest BCUT2D eigenvalue weighted by Gasteiger charge is 2.20. The van der Waals surface area contributed by atoms with E-state index in [2.05, 4.69) is 14.6 Å². The summed E-state index contributed by atoms with van der Waals surface area (Å²) in [5.74, 6) is -0.613. The summed E-state index contributed by atoms with van der Waals surface area (Å²) in [6.45, 7) is 1.83. The van der Waals surface area contributed by atoms with Crippen LogP contribution in [0.5, 0.6) is 0 Å². The lowest BCUT2D eigenvalue weighted by Gasteiger charge is -2.30. The molecule has 2 heterocycles. The highest BCUT2D eigenvalue weighted by Crippen LogP contribution is 2.30. The van der Waals surface area contributed by atoms with Gasteiger partial charge in [0.05, 0.1) is 21.8 Å². The fourth-order valence-electron chi connectivity index (χ4n) is 3.27. The zero-order valence-corrected chi connectivity index (χ0v) is 14.9. The van der Waals surface area contributed by atoms with Crippen molar-refractivity contribution >= 4 is 32.5 Å². The fraction of sp³-hybridized carbons (Fsp3) is 0.278. The molecule has 0 saturated carbocycles. The molecule has 1 saturated heterocycles. The average molecular weight is 373 g/mol. The van der Waals surface area contributed by atoms with E-state index in [-0.39, 0.29) is 10.5 Å². The van der Waals surface area contributed by atoms with Gasteiger partial charge in [-0.05, 0) is 43.5 Å². The number of H-pyrrole nitrogens is 1. The Balaban J connectivity index is 1.68. The number of aromatic nitrogens is 1. The molecule has 2 N–H and O–H groups in total. The lowest BCUT2D eigenvalue weighted by molar-refractivity contribution is 0.554. The molecular weight excluding hydrogens is 354 g/mol. The summed E-state index contributed by atoms with van der Waals surface area (Å²) in [5, 5.41) is 0. The van der Waals surface area contributed by atoms with Crippen molar-refractivity contribution in [3.05, 3.63) is 53.0 Å². The van der Waals surface area contributed by atoms with E-state index in [1.165, 1.54) is 24.6 Å². The van der Waals surface area contributed by atoms with Gasteiger partial charge in [0.25, 0.3) is 10.0 Å². The molecule has 0 bridgehead atoms. The quantitative estimate of drug-likeness (QED) is 0.733. The van der Waals surface area contributed by atoms with Crippen LogP contribution < -0.4 is 15.4 Å². The third-order valence-corrected chi connectivity index (χ3v) is 5.91. The van der Waals surface area contributed by atoms with Crippen molar-refractivity contribution in [2.24, 2.45) is 0 Å². The first kappa shape index (κ1) is 16.7. The number of nitrogens with one attached hydrogen (secondary N) is 2. The number of anilines is 2. The molecule has 8 heteroatoms. The number of para-hydroxylation sites is 2. The molecule has 0 amide bonds. The van der Waals surface area contributed by atoms with Gasteiger partial charge in [0.1, 0.15) is 0 Å². The molecular formula is C18H19N3O4S. The molecule has 1 aliphatic rings. The number of benzene rings is 2. The Hall–Kier alpha value is -2.74. The Morgan fingerprint density at radius 1 is 1.04 bits per heavy atom. The smallest absolute Gasteiger partial charge is 0.408 e. The lowest BCUT2D eigenvalue weighted by Crippen LogP contribution is -2.30. The second kappa shape index (κ2) is 6.53. The van der Waals surface area contributed by atoms with Crippen molar-refractivity contribution in [2.75, 3.05) is 22.7 Å². The van der Waals surface area contributed by atoms with E-state index in [0.717, 1.165) is 31.6 Å². The molecule has 0 spiro atoms. The van der Waals surface area contributed by atoms with Crippen molar-refractivity contribution in [3.8, 4) is 0 Å². The molecule has 0 unspecified atom stereocenters. The van der Waals surface area contributed by atoms with Crippen LogP contribution in [-0.4, -0.2) is 26.5 Å². The lowest BCUT2D eigenvalue weighted by atomic mass is 10.1. The minimum absolute atomic E-state index is 0.0428. The van der Waals surface area contributed by atoms with Crippen LogP contribution >= 0.6 is 0 Å². The molecule has 2 aromatic carbocycles. The molecule has 7 nitrogen and oxygen atoms in total. The zero-order chi connectivity index (χ0) is 18.1. The van der Waals surface area contributed by atoms with Crippen molar-refractivity contribution in [3.63, 3.8) is 0 Å². The predicted octanol–water partition coefficient (Wildman–Crippen LogP) is 2.91. The summed E-state index contributed by atoms with van der Waals surface area (Å²) < 4.78 is 33.3. The van der Waals surface area contributed by atoms with E-state index in [1.807, 2.05) is 12.1 Å². The maximum atomic E-state index is 12.8. The molecule has 1 aromatic heterocycles. The summed E-state index contributed by atoms with van der Waals surface area (Å²) in [5.41, 5.74) is 2.10. The van der Waals surface area contributed by atoms with Gasteiger partial charge in [-0.1, -0.05) is 12.1 Å². The second-order valence-corrected chi connectivity index (χ2v) is 8.03. The summed E-state index contributed by atoms with van der Waals surface area (Å²) in [4.78, 5) is 16.0. The highest BCUT2D eigenvalue weighted by molar-refractivity contribution is 7.92. The Morgan fingerprint density at radius 2 is 1.81 bits per heavy atom. The number of hydrogen-bond acceptors (Lipinski definition) is 5. The van der Waals surface area contributed by atoms with Crippen molar-refractivity contribution in [2.45, 2.75) is 24.2 Å². The van der Waals surface area contributed by atoms with Crippen LogP contribution in [0, 0.1) is 0 Å². The van der Waals surface area contributed by atoms with Gasteiger partial charge in [-0.15, -0.1) is 0 Å². The van der Waals surface area contributed by atoms with E-state index in [1.54, 1.807) is 12.1 Å². The van der Waals surface area contributed by atoms with Gasteiger partial charge in [0.2, 0.25) is 0 Å². The van der Waals surface area contributed by atoms with E-state index in [9.17, 15) is 13.2 Å². The number of aromatic amines is 1. The third kappa shape index (κ3) is 3.20. The van der Waals surface area contributed by atoms with Crippen molar-refractivity contribution in [1.29, 1.82) is 0 Å². The number of oxazole rings is 1. The molecule has 0 radical (unpaired) electrons. The summed E-state index contributed by atoms with van der Waals surface area (Å²) >= 11 is 0. The Labute approximate surface area is 150 Å². The predicted molar refractivity (Wildman–Crippen MR) is 100 cm³/mol. The minimum atomic E-state index is -3.81. The average Bonchev–Trinajstić information content (AvgIpc) is 3.02. The van der Waals surface area contributed by atoms with Gasteiger partial charge in [-0.3, -0.25) is 9.71 Å². The fourth-order valence-corrected chi connectivity index (χ4v) is 4.36. The van der Waals surface area contributed by atoms with Gasteiger partial charge in [0.15, 0.2) is 5.58 Å². The maximum Gasteiger partial charge on any atom is 0.417 e. The Morgan fingerprint density at radius 3 is 2.62 bits per heavy atom. The van der Waals surface area contributed by atoms with Crippen LogP contribution in [0.2, 0.25) is 0 Å². The van der Waals surface area contributed by atoms with Gasteiger partial charge in [-0.25, -0.2) is 13.2 Å². The van der Waals surface area contributed by atoms with Crippen LogP contribution in [0.1, 0.15) is 19.3 Å². The Bertz CT molecular complexity index is 1090. The number of rotatable bonds is 4. The summed E-state index contributed by atoms with van der Waals surface area (Å²) in [7, 11) is -3.81. The maximum absolute atomic E-state index is 12.8. The number of nitrogens with zero attached hydrogens (tertiary/aromatic N) is 1. The summed E-state index contributed by atoms with van der Waals surface area (Å²) in [6.07, 6.45) is 3.40. The molecule has 1 fully saturated rings. The first-order valence-electron chi connectivity index (χ1n) is 8.53. The van der Waals surface area contributed by atoms with Gasteiger partial charge in [0, 0.05) is 19.2 Å². The van der Waals surface area contributed by atoms with E-state index in [0.29, 0.717) is 11.2 Å². The van der Waals surface area contributed by atoms with Gasteiger partial charge < -0.3 is 9.32 Å². The molecule has 4 rings (SSSR count). The van der Waals surface area contributed by atoms with E-state index >= 15 is 0 Å². The molecule has 26 heavy (non-hydrogen) atoms. The number of hydrogen-bond donors (Lipinski definition) is 2. The van der Waals surface area contributed by atoms with E-state index < -0.39 is 15.8 Å². The normalized spacial score (nSPS) is 15.3. The molecule has 1 aliphatic heterocycles. The van der Waals surface area contributed by atoms with Gasteiger partial charge >= 0.3 is 5.76 Å². The molecule has 0 aliphatic carbocycles. The second-order valence-electron chi connectivity index (χ2n) is 6.34. The van der Waals surface area contributed by atoms with E-state index in [4.69, 9.17) is 4.42 Å². The van der Waals surface area contributed by atoms with Crippen LogP contribution in [0.4, 0.5) is 11.4 Å². The topological polar surface area (TPSA) is 95.4 Å². The van der Waals surface area contributed by atoms with Crippen LogP contribution in [0.25, 0.3) is 11.1 Å². The highest BCUT2D eigenvalue weighted by atomic mass is 32.2. The first-order valence-corrected chi connectivity index (χ1v) is 10.0. The number of sulfonamides is 1. The number of fused-ring (bicyclic) bond motifs is 1. The van der Waals surface area contributed by atoms with Gasteiger partial charge in [-0.2, -0.15) is 0 Å². The van der Waals surface area contributed by atoms with Crippen LogP contribution in [0.15, 0.2) is 56.6 Å². The first-order chi connectivity index (χ1) is 12.5. The molecule has 3 aromatic rings. The minimum Gasteiger partial charge on any atom is -0.408 e. The zero-order valence-electron chi connectivity index (χ0n) is 14.1. The monoisotopic (exact) mass is 373 g/mol. The van der Waals surface area contributed by atoms with Crippen molar-refractivity contribution < 1.29 is 12.8 Å². The SMILES string of the molecule is O=c1[nH]c2ccc(S(=O)(=O)Nc3ccccc3N3CCCCC3)cc2o1. The third-order valence-electron chi connectivity index (χ3n) is 4.55. The summed E-state index contributed by atoms with van der Waals surface area (Å²) in [6, 6.07) is 11.7.